The molecule has 2 aromatic carbocycles. The van der Waals surface area contributed by atoms with Crippen LogP contribution in [0.2, 0.25) is 0 Å². The summed E-state index contributed by atoms with van der Waals surface area (Å²) in [5.74, 6) is 0. The van der Waals surface area contributed by atoms with Crippen molar-refractivity contribution in [3.63, 3.8) is 0 Å². The first-order valence-electron chi connectivity index (χ1n) is 8.45. The second kappa shape index (κ2) is 8.17. The topological polar surface area (TPSA) is 37.8 Å². The zero-order valence-electron chi connectivity index (χ0n) is 14.7. The first-order chi connectivity index (χ1) is 13.2. The summed E-state index contributed by atoms with van der Waals surface area (Å²) in [6.45, 7) is 0. The van der Waals surface area contributed by atoms with Gasteiger partial charge in [0.05, 0.1) is 20.9 Å². The molecule has 1 N–H and O–H groups in total. The van der Waals surface area contributed by atoms with Gasteiger partial charge in [0.15, 0.2) is 0 Å². The monoisotopic (exact) mass is 407 g/mol. The number of thiazole rings is 1. The van der Waals surface area contributed by atoms with Gasteiger partial charge in [0, 0.05) is 29.3 Å². The molecule has 3 nitrogen and oxygen atoms in total. The molecule has 4 aromatic rings. The number of hydrogen-bond donors (Lipinski definition) is 1. The highest BCUT2D eigenvalue weighted by molar-refractivity contribution is 7.98. The number of hydrogen-bond acceptors (Lipinski definition) is 5. The van der Waals surface area contributed by atoms with Crippen LogP contribution in [-0.4, -0.2) is 21.2 Å². The summed E-state index contributed by atoms with van der Waals surface area (Å²) in [5.41, 5.74) is 4.33. The van der Waals surface area contributed by atoms with Crippen LogP contribution in [0.5, 0.6) is 0 Å². The molecule has 0 atom stereocenters. The predicted octanol–water partition coefficient (Wildman–Crippen LogP) is 6.06. The lowest BCUT2D eigenvalue weighted by Crippen LogP contribution is -2.12. The van der Waals surface area contributed by atoms with Crippen molar-refractivity contribution in [3.8, 4) is 10.6 Å². The smallest absolute Gasteiger partial charge is 0.124 e. The Labute approximate surface area is 171 Å². The van der Waals surface area contributed by atoms with Gasteiger partial charge >= 0.3 is 0 Å². The standard InChI is InChI=1S/C21H17N3S3/c1-26-18-8-3-2-7-16(18)23-20(25)12-14-5-4-6-15(11-14)21-24-17-9-10-22-13-19(17)27-21/h2-11,13H,12H2,1H3,(H,23,25). The van der Waals surface area contributed by atoms with Crippen molar-refractivity contribution in [2.75, 3.05) is 11.6 Å². The number of pyridine rings is 1. The van der Waals surface area contributed by atoms with E-state index in [0.29, 0.717) is 6.42 Å². The maximum atomic E-state index is 5.60. The average molecular weight is 408 g/mol. The molecule has 0 unspecified atom stereocenters. The third-order valence-electron chi connectivity index (χ3n) is 4.11. The summed E-state index contributed by atoms with van der Waals surface area (Å²) in [4.78, 5) is 10.9. The molecule has 0 spiro atoms. The molecular weight excluding hydrogens is 390 g/mol. The van der Waals surface area contributed by atoms with E-state index in [2.05, 4.69) is 53.0 Å². The van der Waals surface area contributed by atoms with E-state index in [0.717, 1.165) is 31.5 Å². The van der Waals surface area contributed by atoms with E-state index < -0.39 is 0 Å². The van der Waals surface area contributed by atoms with Crippen molar-refractivity contribution < 1.29 is 0 Å². The fourth-order valence-electron chi connectivity index (χ4n) is 2.85. The molecule has 0 amide bonds. The highest BCUT2D eigenvalue weighted by Crippen LogP contribution is 2.30. The lowest BCUT2D eigenvalue weighted by molar-refractivity contribution is 1.32. The van der Waals surface area contributed by atoms with Crippen LogP contribution in [0.25, 0.3) is 20.8 Å². The molecule has 2 aromatic heterocycles. The fourth-order valence-corrected chi connectivity index (χ4v) is 4.60. The summed E-state index contributed by atoms with van der Waals surface area (Å²) in [5, 5.41) is 4.39. The SMILES string of the molecule is CSc1ccccc1NC(=S)Cc1cccc(-c2nc3ccncc3s2)c1. The number of aromatic nitrogens is 2. The molecule has 134 valence electrons. The summed E-state index contributed by atoms with van der Waals surface area (Å²) >= 11 is 8.97. The van der Waals surface area contributed by atoms with Crippen LogP contribution < -0.4 is 5.32 Å². The molecule has 27 heavy (non-hydrogen) atoms. The minimum atomic E-state index is 0.693. The predicted molar refractivity (Wildman–Crippen MR) is 121 cm³/mol. The largest absolute Gasteiger partial charge is 0.349 e. The van der Waals surface area contributed by atoms with Crippen LogP contribution in [0.3, 0.4) is 0 Å². The van der Waals surface area contributed by atoms with Crippen LogP contribution >= 0.6 is 35.3 Å². The molecule has 0 aliphatic heterocycles. The Morgan fingerprint density at radius 1 is 1.15 bits per heavy atom. The van der Waals surface area contributed by atoms with E-state index >= 15 is 0 Å². The molecule has 0 saturated carbocycles. The van der Waals surface area contributed by atoms with E-state index in [9.17, 15) is 0 Å². The number of nitrogens with zero attached hydrogens (tertiary/aromatic N) is 2. The lowest BCUT2D eigenvalue weighted by Gasteiger charge is -2.11. The molecular formula is C21H17N3S3. The molecule has 0 saturated heterocycles. The van der Waals surface area contributed by atoms with Crippen molar-refractivity contribution in [3.05, 3.63) is 72.6 Å². The molecule has 0 bridgehead atoms. The van der Waals surface area contributed by atoms with Gasteiger partial charge in [-0.2, -0.15) is 0 Å². The third-order valence-corrected chi connectivity index (χ3v) is 6.21. The number of anilines is 1. The molecule has 6 heteroatoms. The Kier molecular flexibility index (Phi) is 5.48. The highest BCUT2D eigenvalue weighted by atomic mass is 32.2. The zero-order valence-corrected chi connectivity index (χ0v) is 17.1. The second-order valence-corrected chi connectivity index (χ2v) is 8.36. The van der Waals surface area contributed by atoms with Gasteiger partial charge in [-0.1, -0.05) is 42.5 Å². The Hall–Kier alpha value is -2.28. The summed E-state index contributed by atoms with van der Waals surface area (Å²) < 4.78 is 1.10. The van der Waals surface area contributed by atoms with Crippen molar-refractivity contribution in [1.29, 1.82) is 0 Å². The Bertz CT molecular complexity index is 1070. The fraction of sp³-hybridized carbons (Fsp3) is 0.0952. The van der Waals surface area contributed by atoms with Gasteiger partial charge in [-0.05, 0) is 36.1 Å². The lowest BCUT2D eigenvalue weighted by atomic mass is 10.1. The van der Waals surface area contributed by atoms with Crippen LogP contribution in [0, 0.1) is 0 Å². The number of rotatable bonds is 5. The highest BCUT2D eigenvalue weighted by Gasteiger charge is 2.09. The molecule has 0 fully saturated rings. The van der Waals surface area contributed by atoms with Crippen LogP contribution in [0.15, 0.2) is 71.9 Å². The Morgan fingerprint density at radius 2 is 2.04 bits per heavy atom. The number of thioether (sulfide) groups is 1. The van der Waals surface area contributed by atoms with Crippen LogP contribution in [-0.2, 0) is 6.42 Å². The number of nitrogens with one attached hydrogen (secondary N) is 1. The Morgan fingerprint density at radius 3 is 2.89 bits per heavy atom. The van der Waals surface area contributed by atoms with Gasteiger partial charge in [0.25, 0.3) is 0 Å². The zero-order chi connectivity index (χ0) is 18.6. The van der Waals surface area contributed by atoms with Gasteiger partial charge in [-0.15, -0.1) is 23.1 Å². The van der Waals surface area contributed by atoms with Crippen LogP contribution in [0.1, 0.15) is 5.56 Å². The van der Waals surface area contributed by atoms with Crippen molar-refractivity contribution in [1.82, 2.24) is 9.97 Å². The second-order valence-electron chi connectivity index (χ2n) is 5.99. The molecule has 0 aliphatic carbocycles. The molecule has 4 rings (SSSR count). The van der Waals surface area contributed by atoms with Gasteiger partial charge < -0.3 is 5.32 Å². The third kappa shape index (κ3) is 4.18. The minimum absolute atomic E-state index is 0.693. The molecule has 2 heterocycles. The maximum absolute atomic E-state index is 5.60. The number of thiocarbonyl (C=S) groups is 1. The Balaban J connectivity index is 1.53. The van der Waals surface area contributed by atoms with Crippen LogP contribution in [0.4, 0.5) is 5.69 Å². The van der Waals surface area contributed by atoms with E-state index in [1.54, 1.807) is 29.3 Å². The number of fused-ring (bicyclic) bond motifs is 1. The summed E-state index contributed by atoms with van der Waals surface area (Å²) in [7, 11) is 0. The number of para-hydroxylation sites is 1. The summed E-state index contributed by atoms with van der Waals surface area (Å²) in [6, 6.07) is 18.6. The van der Waals surface area contributed by atoms with Gasteiger partial charge in [-0.3, -0.25) is 4.98 Å². The van der Waals surface area contributed by atoms with E-state index in [-0.39, 0.29) is 0 Å². The maximum Gasteiger partial charge on any atom is 0.124 e. The summed E-state index contributed by atoms with van der Waals surface area (Å²) in [6.07, 6.45) is 6.40. The van der Waals surface area contributed by atoms with E-state index in [4.69, 9.17) is 17.2 Å². The van der Waals surface area contributed by atoms with Crippen molar-refractivity contribution >= 4 is 56.2 Å². The van der Waals surface area contributed by atoms with E-state index in [1.807, 2.05) is 24.4 Å². The first kappa shape index (κ1) is 18.1. The first-order valence-corrected chi connectivity index (χ1v) is 10.9. The van der Waals surface area contributed by atoms with Gasteiger partial charge in [-0.25, -0.2) is 4.98 Å². The van der Waals surface area contributed by atoms with Crippen molar-refractivity contribution in [2.45, 2.75) is 11.3 Å². The average Bonchev–Trinajstić information content (AvgIpc) is 3.13. The van der Waals surface area contributed by atoms with Gasteiger partial charge in [0.1, 0.15) is 5.01 Å². The van der Waals surface area contributed by atoms with E-state index in [1.165, 1.54) is 10.5 Å². The van der Waals surface area contributed by atoms with Crippen molar-refractivity contribution in [2.24, 2.45) is 0 Å². The molecule has 0 aliphatic rings. The minimum Gasteiger partial charge on any atom is -0.349 e. The molecule has 0 radical (unpaired) electrons. The quantitative estimate of drug-likeness (QED) is 0.321. The number of benzene rings is 2. The van der Waals surface area contributed by atoms with Gasteiger partial charge in [0.2, 0.25) is 0 Å². The normalized spacial score (nSPS) is 10.9.